The van der Waals surface area contributed by atoms with Crippen LogP contribution in [-0.2, 0) is 20.6 Å². The summed E-state index contributed by atoms with van der Waals surface area (Å²) in [7, 11) is 13.7. The highest BCUT2D eigenvalue weighted by Crippen LogP contribution is 2.41. The van der Waals surface area contributed by atoms with Crippen LogP contribution in [0.15, 0.2) is 220 Å². The maximum absolute atomic E-state index is 9.46. The summed E-state index contributed by atoms with van der Waals surface area (Å²) >= 11 is 0. The summed E-state index contributed by atoms with van der Waals surface area (Å²) in [6, 6.07) is 47.9. The van der Waals surface area contributed by atoms with Crippen LogP contribution >= 0.6 is 0 Å². The minimum absolute atomic E-state index is 0. The number of hydrogen-bond acceptors (Lipinski definition) is 31. The number of nitrogens with one attached hydrogen (secondary N) is 1. The zero-order valence-corrected chi connectivity index (χ0v) is 81.4. The van der Waals surface area contributed by atoms with Gasteiger partial charge < -0.3 is 92.6 Å². The molecule has 0 bridgehead atoms. The number of aliphatic hydroxyl groups excluding tert-OH is 4. The first-order valence-electron chi connectivity index (χ1n) is 48.0. The van der Waals surface area contributed by atoms with E-state index in [1.54, 1.807) is 106 Å². The van der Waals surface area contributed by atoms with Crippen LogP contribution in [0.2, 0.25) is 0 Å². The van der Waals surface area contributed by atoms with Crippen molar-refractivity contribution in [1.82, 2.24) is 94.1 Å². The van der Waals surface area contributed by atoms with Crippen molar-refractivity contribution in [1.29, 1.82) is 0 Å². The summed E-state index contributed by atoms with van der Waals surface area (Å²) in [5, 5.41) is 56.7. The normalized spacial score (nSPS) is 12.7. The average Bonchev–Trinajstić information content (AvgIpc) is 1.36. The van der Waals surface area contributed by atoms with Crippen LogP contribution in [0.25, 0.3) is 89.2 Å². The Hall–Kier alpha value is -14.7. The van der Waals surface area contributed by atoms with E-state index in [2.05, 4.69) is 128 Å². The lowest BCUT2D eigenvalue weighted by Gasteiger charge is -2.27. The average molecular weight is 1990 g/mol. The van der Waals surface area contributed by atoms with Crippen LogP contribution < -0.4 is 57.5 Å². The highest BCUT2D eigenvalue weighted by Gasteiger charge is 2.24. The lowest BCUT2D eigenvalue weighted by molar-refractivity contribution is 0.201. The molecule has 0 aliphatic carbocycles. The number of benzene rings is 8. The Kier molecular flexibility index (Phi) is 42.3. The zero-order chi connectivity index (χ0) is 97.8. The third-order valence-electron chi connectivity index (χ3n) is 24.9. The molecule has 146 heavy (non-hydrogen) atoms. The van der Waals surface area contributed by atoms with E-state index in [0.717, 1.165) is 199 Å². The first-order valence-corrected chi connectivity index (χ1v) is 48.0. The summed E-state index contributed by atoms with van der Waals surface area (Å²) < 4.78 is 49.8. The molecular formula is C111H145N23O12. The number of nitrogens with zero attached hydrogens (tertiary/aromatic N) is 22. The molecule has 19 rings (SSSR count). The van der Waals surface area contributed by atoms with Crippen molar-refractivity contribution in [2.45, 2.75) is 108 Å². The summed E-state index contributed by atoms with van der Waals surface area (Å²) in [4.78, 5) is 54.5. The second kappa shape index (κ2) is 55.4. The first-order chi connectivity index (χ1) is 69.1. The number of anilines is 8. The Bertz CT molecular complexity index is 6480. The second-order valence-electron chi connectivity index (χ2n) is 34.6. The van der Waals surface area contributed by atoms with Crippen LogP contribution in [0.5, 0.6) is 46.0 Å². The fourth-order valence-corrected chi connectivity index (χ4v) is 17.7. The predicted octanol–water partition coefficient (Wildman–Crippen LogP) is 18.9. The van der Waals surface area contributed by atoms with E-state index in [1.807, 2.05) is 136 Å². The number of fused-ring (bicyclic) bond motifs is 4. The molecular weight excluding hydrogens is 1850 g/mol. The summed E-state index contributed by atoms with van der Waals surface area (Å²) in [5.74, 6) is 5.62. The third kappa shape index (κ3) is 29.3. The number of aromatic nitrogens is 16. The van der Waals surface area contributed by atoms with Crippen molar-refractivity contribution in [3.63, 3.8) is 0 Å². The molecule has 11 heterocycles. The van der Waals surface area contributed by atoms with Gasteiger partial charge in [-0.25, -0.2) is 19.9 Å². The largest absolute Gasteiger partial charge is 0.497 e. The molecule has 0 spiro atoms. The maximum atomic E-state index is 9.46. The smallest absolute Gasteiger partial charge is 0.125 e. The maximum Gasteiger partial charge on any atom is 0.125 e. The zero-order valence-electron chi connectivity index (χ0n) is 81.4. The third-order valence-corrected chi connectivity index (χ3v) is 24.9. The van der Waals surface area contributed by atoms with Crippen LogP contribution in [0.3, 0.4) is 0 Å². The first kappa shape index (κ1) is 112. The number of hydrogen-bond donors (Lipinski definition) is 5. The Morgan fingerprint density at radius 2 is 0.589 bits per heavy atom. The molecule has 0 saturated carbocycles. The Labute approximate surface area is 857 Å². The lowest BCUT2D eigenvalue weighted by Crippen LogP contribution is -2.26. The van der Waals surface area contributed by atoms with Gasteiger partial charge in [-0.1, -0.05) is 37.1 Å². The van der Waals surface area contributed by atoms with Gasteiger partial charge in [0.2, 0.25) is 0 Å². The van der Waals surface area contributed by atoms with Gasteiger partial charge in [0.25, 0.3) is 0 Å². The van der Waals surface area contributed by atoms with Crippen LogP contribution in [0, 0.1) is 0 Å². The Morgan fingerprint density at radius 3 is 0.870 bits per heavy atom. The van der Waals surface area contributed by atoms with E-state index >= 15 is 0 Å². The summed E-state index contributed by atoms with van der Waals surface area (Å²) in [5.41, 5.74) is 21.1. The summed E-state index contributed by atoms with van der Waals surface area (Å²) in [6.07, 6.45) is 33.1. The highest BCUT2D eigenvalue weighted by molar-refractivity contribution is 5.87. The molecule has 0 amide bonds. The number of H-pyrrole nitrogens is 1. The van der Waals surface area contributed by atoms with E-state index in [9.17, 15) is 15.3 Å². The molecule has 5 N–H and O–H groups in total. The molecule has 3 fully saturated rings. The molecule has 0 atom stereocenters. The molecule has 35 nitrogen and oxygen atoms in total. The van der Waals surface area contributed by atoms with E-state index in [4.69, 9.17) is 62.9 Å². The van der Waals surface area contributed by atoms with Crippen molar-refractivity contribution in [3.05, 3.63) is 220 Å². The van der Waals surface area contributed by atoms with Gasteiger partial charge in [-0.15, -0.1) is 0 Å². The molecule has 35 heteroatoms. The minimum atomic E-state index is -0.0469. The van der Waals surface area contributed by atoms with Crippen LogP contribution in [-0.4, -0.2) is 282 Å². The topological polar surface area (TPSA) is 363 Å². The quantitative estimate of drug-likeness (QED) is 0.0238. The van der Waals surface area contributed by atoms with Crippen molar-refractivity contribution in [3.8, 4) is 91.0 Å². The molecule has 16 aromatic rings. The van der Waals surface area contributed by atoms with Gasteiger partial charge in [-0.3, -0.25) is 39.1 Å². The number of ether oxygens (including phenoxy) is 8. The Balaban J connectivity index is 0.000000183. The number of likely N-dealkylation sites (tertiary alicyclic amines) is 3. The van der Waals surface area contributed by atoms with Gasteiger partial charge in [0.1, 0.15) is 59.2 Å². The van der Waals surface area contributed by atoms with Crippen LogP contribution in [0.4, 0.5) is 45.5 Å². The van der Waals surface area contributed by atoms with Crippen LogP contribution in [0.1, 0.15) is 101 Å². The monoisotopic (exact) mass is 1990 g/mol. The molecule has 8 aromatic carbocycles. The van der Waals surface area contributed by atoms with Crippen molar-refractivity contribution < 1.29 is 58.3 Å². The fourth-order valence-electron chi connectivity index (χ4n) is 17.7. The molecule has 3 aliphatic heterocycles. The molecule has 0 radical (unpaired) electrons. The second-order valence-corrected chi connectivity index (χ2v) is 34.6. The molecule has 8 aromatic heterocycles. The lowest BCUT2D eigenvalue weighted by atomic mass is 10.1. The molecule has 3 aliphatic rings. The van der Waals surface area contributed by atoms with Crippen molar-refractivity contribution in [2.75, 3.05) is 187 Å². The molecule has 0 unspecified atom stereocenters. The Morgan fingerprint density at radius 1 is 0.295 bits per heavy atom. The number of aryl methyl sites for hydroxylation is 2. The number of aliphatic hydroxyl groups is 4. The predicted molar refractivity (Wildman–Crippen MR) is 583 cm³/mol. The van der Waals surface area contributed by atoms with E-state index in [-0.39, 0.29) is 76.8 Å². The minimum Gasteiger partial charge on any atom is -0.497 e. The highest BCUT2D eigenvalue weighted by atomic mass is 16.5. The van der Waals surface area contributed by atoms with Gasteiger partial charge >= 0.3 is 0 Å². The number of aromatic amines is 1. The van der Waals surface area contributed by atoms with E-state index in [0.29, 0.717) is 59.7 Å². The standard InChI is InChI=1S/2C28H34N6O3.C26H30N6O2.C24H27N5O4.5CH4/c2*1-32-20-21(18-30-32)28-19-29-26-7-6-22(16-27(26)31-28)34(11-5-10-33-8-3-4-9-33)23-14-24(36-2)17-25(15-23)37-13-12-35;1-33-22-12-21(13-23(15-22)34-2)32(11-5-10-31-8-3-4-9-31)20-6-7-24-25(14-20)30-26(18-27-24)19-16-28-29-17-19;1-32-20-10-19(11-21(13-20)33-2)29(6-3-8-30)18-4-5-22-23(12-18)27-24(15-25-22)17-14-26-28(16-17)7-9-31;;;;;/h2*6-7,14-20,35H,3-5,8-13H2,1-2H3;6-7,12-18H,3-5,8-11H2,1-2H3,(H,28,29);4-5,10-16,30-31H,3,6-9H2,1-2H3;5*1H4. The van der Waals surface area contributed by atoms with Gasteiger partial charge in [0.05, 0.1) is 186 Å². The molecule has 776 valence electrons. The van der Waals surface area contributed by atoms with Gasteiger partial charge in [-0.05, 0) is 196 Å². The number of methoxy groups -OCH3 is 6. The van der Waals surface area contributed by atoms with Gasteiger partial charge in [-0.2, -0.15) is 20.4 Å². The molecule has 3 saturated heterocycles. The fraction of sp³-hybridized carbons (Fsp3) is 0.387. The van der Waals surface area contributed by atoms with Gasteiger partial charge in [0, 0.05) is 212 Å². The van der Waals surface area contributed by atoms with Gasteiger partial charge in [0.15, 0.2) is 0 Å². The van der Waals surface area contributed by atoms with E-state index in [1.165, 1.54) is 77.8 Å². The van der Waals surface area contributed by atoms with Crippen molar-refractivity contribution >= 4 is 89.6 Å². The van der Waals surface area contributed by atoms with E-state index < -0.39 is 0 Å². The number of rotatable bonds is 41. The van der Waals surface area contributed by atoms with Crippen molar-refractivity contribution in [2.24, 2.45) is 14.1 Å². The SMILES string of the molecule is C.C.C.C.C.COc1cc(OC)cc(N(CCCN2CCCC2)c2ccc3ncc(-c4cn[nH]c4)nc3c2)c1.COc1cc(OC)cc(N(CCCO)c2ccc3ncc(-c4cnn(CCO)c4)nc3c2)c1.COc1cc(OCCO)cc(N(CCCN2CCCC2)c2ccc3ncc(-c4cnn(C)c4)nc3c2)c1.COc1cc(OCCO)cc(N(CCCN2CCCC2)c2ccc3ncc(-c4cnn(C)c4)nc3c2)c1. The summed E-state index contributed by atoms with van der Waals surface area (Å²) in [6.45, 7) is 14.3.